The molecular formula is C16H22N4O. The molecule has 0 unspecified atom stereocenters. The fourth-order valence-corrected chi connectivity index (χ4v) is 2.06. The topological polar surface area (TPSA) is 73.1 Å². The highest BCUT2D eigenvalue weighted by Gasteiger charge is 2.08. The molecule has 0 atom stereocenters. The number of aromatic nitrogens is 2. The molecule has 3 N–H and O–H groups in total. The number of nitrogen functional groups attached to an aromatic ring is 1. The van der Waals surface area contributed by atoms with Crippen LogP contribution in [0.1, 0.15) is 36.8 Å². The molecule has 0 aliphatic heterocycles. The summed E-state index contributed by atoms with van der Waals surface area (Å²) in [6.07, 6.45) is 0. The van der Waals surface area contributed by atoms with Crippen LogP contribution in [0.25, 0.3) is 0 Å². The highest BCUT2D eigenvalue weighted by atomic mass is 16.5. The summed E-state index contributed by atoms with van der Waals surface area (Å²) in [6, 6.07) is 7.54. The van der Waals surface area contributed by atoms with Crippen molar-refractivity contribution in [1.29, 1.82) is 0 Å². The first-order valence-corrected chi connectivity index (χ1v) is 7.01. The van der Waals surface area contributed by atoms with Gasteiger partial charge in [-0.1, -0.05) is 13.8 Å². The lowest BCUT2D eigenvalue weighted by atomic mass is 10.1. The fraction of sp³-hybridized carbons (Fsp3) is 0.375. The van der Waals surface area contributed by atoms with E-state index in [1.54, 1.807) is 7.11 Å². The second-order valence-corrected chi connectivity index (χ2v) is 5.33. The molecule has 0 saturated heterocycles. The van der Waals surface area contributed by atoms with Crippen molar-refractivity contribution >= 4 is 11.5 Å². The summed E-state index contributed by atoms with van der Waals surface area (Å²) in [7, 11) is 1.65. The zero-order valence-corrected chi connectivity index (χ0v) is 13.0. The smallest absolute Gasteiger partial charge is 0.133 e. The summed E-state index contributed by atoms with van der Waals surface area (Å²) in [5.74, 6) is 2.77. The van der Waals surface area contributed by atoms with Crippen LogP contribution < -0.4 is 15.8 Å². The molecule has 0 bridgehead atoms. The molecule has 0 aliphatic carbocycles. The average Bonchev–Trinajstić information content (AvgIpc) is 2.44. The van der Waals surface area contributed by atoms with Gasteiger partial charge in [-0.05, 0) is 25.1 Å². The van der Waals surface area contributed by atoms with Gasteiger partial charge in [-0.3, -0.25) is 0 Å². The second kappa shape index (κ2) is 6.43. The van der Waals surface area contributed by atoms with Gasteiger partial charge in [-0.2, -0.15) is 0 Å². The highest BCUT2D eigenvalue weighted by Crippen LogP contribution is 2.22. The minimum absolute atomic E-state index is 0.298. The van der Waals surface area contributed by atoms with Crippen molar-refractivity contribution in [2.75, 3.05) is 18.2 Å². The molecule has 1 aromatic carbocycles. The van der Waals surface area contributed by atoms with Gasteiger partial charge in [0.2, 0.25) is 0 Å². The third-order valence-electron chi connectivity index (χ3n) is 3.15. The monoisotopic (exact) mass is 286 g/mol. The van der Waals surface area contributed by atoms with Crippen LogP contribution in [0.4, 0.5) is 11.5 Å². The van der Waals surface area contributed by atoms with Gasteiger partial charge in [-0.15, -0.1) is 0 Å². The summed E-state index contributed by atoms with van der Waals surface area (Å²) in [6.45, 7) is 6.74. The molecule has 21 heavy (non-hydrogen) atoms. The van der Waals surface area contributed by atoms with Gasteiger partial charge < -0.3 is 15.8 Å². The van der Waals surface area contributed by atoms with Crippen LogP contribution in [0, 0.1) is 6.92 Å². The minimum atomic E-state index is 0.298. The predicted molar refractivity (Wildman–Crippen MR) is 85.6 cm³/mol. The molecule has 1 heterocycles. The molecule has 5 heteroatoms. The first kappa shape index (κ1) is 15.1. The molecule has 0 radical (unpaired) electrons. The van der Waals surface area contributed by atoms with Crippen molar-refractivity contribution in [3.05, 3.63) is 41.3 Å². The number of hydrogen-bond donors (Lipinski definition) is 2. The number of hydrogen-bond acceptors (Lipinski definition) is 5. The lowest BCUT2D eigenvalue weighted by Gasteiger charge is -2.13. The quantitative estimate of drug-likeness (QED) is 0.826. The first-order chi connectivity index (χ1) is 9.99. The normalized spacial score (nSPS) is 10.7. The molecule has 0 aliphatic rings. The molecule has 0 saturated carbocycles. The number of rotatable bonds is 5. The van der Waals surface area contributed by atoms with E-state index in [4.69, 9.17) is 10.5 Å². The Labute approximate surface area is 125 Å². The van der Waals surface area contributed by atoms with Crippen LogP contribution in [0.3, 0.4) is 0 Å². The number of anilines is 2. The third kappa shape index (κ3) is 3.84. The maximum Gasteiger partial charge on any atom is 0.133 e. The lowest BCUT2D eigenvalue weighted by molar-refractivity contribution is 0.410. The number of nitrogens with one attached hydrogen (secondary N) is 1. The van der Waals surface area contributed by atoms with E-state index in [2.05, 4.69) is 29.1 Å². The Morgan fingerprint density at radius 3 is 2.67 bits per heavy atom. The van der Waals surface area contributed by atoms with Gasteiger partial charge in [0.1, 0.15) is 17.4 Å². The Kier molecular flexibility index (Phi) is 4.62. The van der Waals surface area contributed by atoms with Gasteiger partial charge >= 0.3 is 0 Å². The van der Waals surface area contributed by atoms with Gasteiger partial charge in [0.05, 0.1) is 7.11 Å². The zero-order valence-electron chi connectivity index (χ0n) is 13.0. The van der Waals surface area contributed by atoms with E-state index >= 15 is 0 Å². The Morgan fingerprint density at radius 1 is 1.24 bits per heavy atom. The van der Waals surface area contributed by atoms with Gasteiger partial charge in [0, 0.05) is 35.5 Å². The van der Waals surface area contributed by atoms with Gasteiger partial charge in [0.15, 0.2) is 0 Å². The van der Waals surface area contributed by atoms with Gasteiger partial charge in [-0.25, -0.2) is 9.97 Å². The Hall–Kier alpha value is -2.30. The van der Waals surface area contributed by atoms with Crippen molar-refractivity contribution < 1.29 is 4.74 Å². The number of methoxy groups -OCH3 is 1. The molecule has 0 fully saturated rings. The summed E-state index contributed by atoms with van der Waals surface area (Å²) in [5.41, 5.74) is 8.50. The number of nitrogens with two attached hydrogens (primary N) is 1. The molecule has 2 rings (SSSR count). The number of benzene rings is 1. The summed E-state index contributed by atoms with van der Waals surface area (Å²) >= 11 is 0. The van der Waals surface area contributed by atoms with Crippen LogP contribution in [0.15, 0.2) is 24.3 Å². The number of nitrogens with zero attached hydrogens (tertiary/aromatic N) is 2. The first-order valence-electron chi connectivity index (χ1n) is 7.01. The third-order valence-corrected chi connectivity index (χ3v) is 3.15. The van der Waals surface area contributed by atoms with Crippen LogP contribution >= 0.6 is 0 Å². The van der Waals surface area contributed by atoms with Crippen molar-refractivity contribution in [3.8, 4) is 5.75 Å². The van der Waals surface area contributed by atoms with Gasteiger partial charge in [0.25, 0.3) is 0 Å². The SMILES string of the molecule is COc1ccc(N)cc1CNc1cc(C)nc(C(C)C)n1. The lowest BCUT2D eigenvalue weighted by Crippen LogP contribution is -2.07. The van der Waals surface area contributed by atoms with Crippen molar-refractivity contribution in [1.82, 2.24) is 9.97 Å². The van der Waals surface area contributed by atoms with Crippen LogP contribution in [-0.2, 0) is 6.54 Å². The van der Waals surface area contributed by atoms with Crippen LogP contribution in [0.5, 0.6) is 5.75 Å². The minimum Gasteiger partial charge on any atom is -0.496 e. The molecule has 2 aromatic rings. The molecule has 0 spiro atoms. The summed E-state index contributed by atoms with van der Waals surface area (Å²) in [5, 5.41) is 3.31. The van der Waals surface area contributed by atoms with E-state index in [0.29, 0.717) is 18.2 Å². The van der Waals surface area contributed by atoms with Crippen molar-refractivity contribution in [3.63, 3.8) is 0 Å². The maximum atomic E-state index is 5.83. The van der Waals surface area contributed by atoms with E-state index in [1.165, 1.54) is 0 Å². The predicted octanol–water partition coefficient (Wildman–Crippen LogP) is 3.11. The van der Waals surface area contributed by atoms with Crippen molar-refractivity contribution in [2.24, 2.45) is 0 Å². The Morgan fingerprint density at radius 2 is 2.00 bits per heavy atom. The van der Waals surface area contributed by atoms with E-state index in [1.807, 2.05) is 31.2 Å². The molecule has 112 valence electrons. The second-order valence-electron chi connectivity index (χ2n) is 5.33. The highest BCUT2D eigenvalue weighted by molar-refractivity contribution is 5.49. The maximum absolute atomic E-state index is 5.83. The molecular weight excluding hydrogens is 264 g/mol. The summed E-state index contributed by atoms with van der Waals surface area (Å²) in [4.78, 5) is 8.97. The molecule has 1 aromatic heterocycles. The molecule has 0 amide bonds. The number of ether oxygens (including phenoxy) is 1. The van der Waals surface area contributed by atoms with Crippen LogP contribution in [0.2, 0.25) is 0 Å². The largest absolute Gasteiger partial charge is 0.496 e. The average molecular weight is 286 g/mol. The van der Waals surface area contributed by atoms with E-state index < -0.39 is 0 Å². The van der Waals surface area contributed by atoms with Crippen LogP contribution in [-0.4, -0.2) is 17.1 Å². The van der Waals surface area contributed by atoms with E-state index in [9.17, 15) is 0 Å². The fourth-order valence-electron chi connectivity index (χ4n) is 2.06. The number of aryl methyl sites for hydroxylation is 1. The van der Waals surface area contributed by atoms with Crippen molar-refractivity contribution in [2.45, 2.75) is 33.2 Å². The Balaban J connectivity index is 2.18. The van der Waals surface area contributed by atoms with E-state index in [-0.39, 0.29) is 0 Å². The zero-order chi connectivity index (χ0) is 15.4. The van der Waals surface area contributed by atoms with E-state index in [0.717, 1.165) is 28.6 Å². The summed E-state index contributed by atoms with van der Waals surface area (Å²) < 4.78 is 5.35. The molecule has 5 nitrogen and oxygen atoms in total. The standard InChI is InChI=1S/C16H22N4O/c1-10(2)16-19-11(3)7-15(20-16)18-9-12-8-13(17)5-6-14(12)21-4/h5-8,10H,9,17H2,1-4H3,(H,18,19,20). The Bertz CT molecular complexity index is 626.